The number of halogens is 4. The van der Waals surface area contributed by atoms with Crippen LogP contribution < -0.4 is 9.64 Å². The molecule has 0 N–H and O–H groups in total. The second-order valence-corrected chi connectivity index (χ2v) is 13.9. The Labute approximate surface area is 252 Å². The van der Waals surface area contributed by atoms with Crippen LogP contribution in [0.15, 0.2) is 23.2 Å². The second kappa shape index (κ2) is 10.5. The second-order valence-electron chi connectivity index (χ2n) is 12.6. The Bertz CT molecular complexity index is 1390. The molecule has 1 amide bonds. The summed E-state index contributed by atoms with van der Waals surface area (Å²) < 4.78 is 42.3. The Morgan fingerprint density at radius 2 is 2.10 bits per heavy atom. The summed E-state index contributed by atoms with van der Waals surface area (Å²) in [6, 6.07) is 0.869. The maximum absolute atomic E-state index is 15.5. The van der Waals surface area contributed by atoms with Gasteiger partial charge in [0.15, 0.2) is 5.82 Å². The fourth-order valence-electron chi connectivity index (χ4n) is 7.18. The number of carbonyl (C=O) groups excluding carboxylic acids is 1. The number of anilines is 1. The molecule has 222 valence electrons. The van der Waals surface area contributed by atoms with Crippen molar-refractivity contribution in [1.29, 1.82) is 0 Å². The van der Waals surface area contributed by atoms with Gasteiger partial charge in [0.25, 0.3) is 0 Å². The number of carbonyl (C=O) groups is 1. The van der Waals surface area contributed by atoms with Gasteiger partial charge in [0.1, 0.15) is 29.7 Å². The summed E-state index contributed by atoms with van der Waals surface area (Å²) in [5.41, 5.74) is -0.999. The standard InChI is InChI=1S/C29H35BrClF2N5O3/c1-5-20-21-8-7-17(38(21)27(39)41-28(2,3)4)14-37(20)25-22-18(30)11-19(31)23(33)24(22)34-26(35-25)40-15-29-9-6-10-36(29)13-16(32)12-29/h5,11,16-17,20-21H,1,6-10,12-15H2,2-4H3/t16-,17?,20?,21?,29+/m1/s1. The quantitative estimate of drug-likeness (QED) is 0.278. The molecule has 4 saturated heterocycles. The lowest BCUT2D eigenvalue weighted by Gasteiger charge is -2.46. The fraction of sp³-hybridized carbons (Fsp3) is 0.621. The zero-order valence-electron chi connectivity index (χ0n) is 23.5. The van der Waals surface area contributed by atoms with Gasteiger partial charge in [-0.15, -0.1) is 6.58 Å². The summed E-state index contributed by atoms with van der Waals surface area (Å²) in [6.07, 6.45) is 4.31. The van der Waals surface area contributed by atoms with Gasteiger partial charge in [0.05, 0.1) is 34.1 Å². The van der Waals surface area contributed by atoms with Gasteiger partial charge >= 0.3 is 12.1 Å². The monoisotopic (exact) mass is 653 g/mol. The van der Waals surface area contributed by atoms with Gasteiger partial charge in [-0.2, -0.15) is 9.97 Å². The maximum atomic E-state index is 15.5. The van der Waals surface area contributed by atoms with E-state index in [0.29, 0.717) is 35.2 Å². The Balaban J connectivity index is 1.38. The van der Waals surface area contributed by atoms with Gasteiger partial charge in [-0.05, 0) is 75.0 Å². The molecule has 12 heteroatoms. The van der Waals surface area contributed by atoms with Crippen molar-refractivity contribution in [3.05, 3.63) is 34.0 Å². The summed E-state index contributed by atoms with van der Waals surface area (Å²) in [4.78, 5) is 28.5. The number of hydrogen-bond acceptors (Lipinski definition) is 7. The molecule has 2 bridgehead atoms. The first kappa shape index (κ1) is 28.9. The van der Waals surface area contributed by atoms with Crippen LogP contribution in [0.5, 0.6) is 6.01 Å². The number of hydrogen-bond donors (Lipinski definition) is 0. The van der Waals surface area contributed by atoms with Crippen LogP contribution in [-0.2, 0) is 4.74 Å². The number of benzene rings is 1. The van der Waals surface area contributed by atoms with E-state index in [4.69, 9.17) is 26.1 Å². The summed E-state index contributed by atoms with van der Waals surface area (Å²) in [5, 5.41) is 0.383. The predicted octanol–water partition coefficient (Wildman–Crippen LogP) is 6.28. The van der Waals surface area contributed by atoms with E-state index in [9.17, 15) is 9.18 Å². The smallest absolute Gasteiger partial charge is 0.410 e. The zero-order chi connectivity index (χ0) is 29.3. The summed E-state index contributed by atoms with van der Waals surface area (Å²) in [7, 11) is 0. The average Bonchev–Trinajstić information content (AvgIpc) is 3.53. The van der Waals surface area contributed by atoms with Crippen molar-refractivity contribution in [2.45, 2.75) is 88.3 Å². The molecular formula is C29H35BrClF2N5O3. The van der Waals surface area contributed by atoms with E-state index >= 15 is 4.39 Å². The SMILES string of the molecule is C=CC1C2CCC(CN1c1nc(OC[C@@]34CCCN3C[C@H](F)C4)nc3c(F)c(Cl)cc(Br)c13)N2C(=O)OC(C)(C)C. The Kier molecular flexibility index (Phi) is 7.38. The van der Waals surface area contributed by atoms with Crippen molar-refractivity contribution in [3.63, 3.8) is 0 Å². The highest BCUT2D eigenvalue weighted by atomic mass is 79.9. The van der Waals surface area contributed by atoms with Crippen LogP contribution in [0, 0.1) is 5.82 Å². The van der Waals surface area contributed by atoms with Crippen molar-refractivity contribution in [2.24, 2.45) is 0 Å². The van der Waals surface area contributed by atoms with E-state index in [1.807, 2.05) is 25.7 Å². The third-order valence-corrected chi connectivity index (χ3v) is 9.74. The van der Waals surface area contributed by atoms with Crippen molar-refractivity contribution >= 4 is 50.3 Å². The van der Waals surface area contributed by atoms with Gasteiger partial charge in [-0.1, -0.05) is 17.7 Å². The van der Waals surface area contributed by atoms with Gasteiger partial charge in [-0.25, -0.2) is 13.6 Å². The highest BCUT2D eigenvalue weighted by molar-refractivity contribution is 9.10. The molecule has 8 nitrogen and oxygen atoms in total. The van der Waals surface area contributed by atoms with Crippen LogP contribution in [0.4, 0.5) is 19.4 Å². The Morgan fingerprint density at radius 3 is 2.83 bits per heavy atom. The molecule has 1 aromatic carbocycles. The van der Waals surface area contributed by atoms with E-state index in [0.717, 1.165) is 32.2 Å². The number of nitrogens with zero attached hydrogens (tertiary/aromatic N) is 5. The van der Waals surface area contributed by atoms with E-state index in [1.165, 1.54) is 6.07 Å². The Morgan fingerprint density at radius 1 is 1.32 bits per heavy atom. The van der Waals surface area contributed by atoms with Crippen molar-refractivity contribution in [2.75, 3.05) is 31.1 Å². The number of aromatic nitrogens is 2. The molecule has 3 unspecified atom stereocenters. The Hall–Kier alpha value is -2.24. The van der Waals surface area contributed by atoms with Crippen LogP contribution in [0.25, 0.3) is 10.9 Å². The first-order valence-corrected chi connectivity index (χ1v) is 15.4. The molecule has 2 aromatic rings. The van der Waals surface area contributed by atoms with Crippen LogP contribution in [0.2, 0.25) is 5.02 Å². The lowest BCUT2D eigenvalue weighted by atomic mass is 9.95. The number of piperazine rings is 1. The highest BCUT2D eigenvalue weighted by Gasteiger charge is 2.51. The van der Waals surface area contributed by atoms with E-state index < -0.39 is 23.1 Å². The molecule has 4 aliphatic heterocycles. The number of fused-ring (bicyclic) bond motifs is 4. The normalized spacial score (nSPS) is 29.7. The van der Waals surface area contributed by atoms with Crippen molar-refractivity contribution in [3.8, 4) is 6.01 Å². The van der Waals surface area contributed by atoms with Crippen molar-refractivity contribution < 1.29 is 23.0 Å². The molecule has 5 heterocycles. The number of rotatable bonds is 5. The van der Waals surface area contributed by atoms with Crippen LogP contribution in [0.1, 0.15) is 52.9 Å². The zero-order valence-corrected chi connectivity index (χ0v) is 25.8. The minimum Gasteiger partial charge on any atom is -0.461 e. The van der Waals surface area contributed by atoms with Gasteiger partial charge < -0.3 is 14.4 Å². The first-order valence-electron chi connectivity index (χ1n) is 14.2. The molecule has 5 atom stereocenters. The third kappa shape index (κ3) is 5.05. The lowest BCUT2D eigenvalue weighted by Crippen LogP contribution is -2.61. The van der Waals surface area contributed by atoms with E-state index in [1.54, 1.807) is 6.08 Å². The molecule has 6 rings (SSSR count). The lowest BCUT2D eigenvalue weighted by molar-refractivity contribution is 0.00953. The summed E-state index contributed by atoms with van der Waals surface area (Å²) in [6.45, 7) is 11.5. The maximum Gasteiger partial charge on any atom is 0.410 e. The predicted molar refractivity (Wildman–Crippen MR) is 157 cm³/mol. The minimum absolute atomic E-state index is 0.00818. The summed E-state index contributed by atoms with van der Waals surface area (Å²) >= 11 is 9.79. The largest absolute Gasteiger partial charge is 0.461 e. The molecule has 4 fully saturated rings. The van der Waals surface area contributed by atoms with E-state index in [2.05, 4.69) is 37.3 Å². The van der Waals surface area contributed by atoms with Gasteiger partial charge in [0.2, 0.25) is 0 Å². The fourth-order valence-corrected chi connectivity index (χ4v) is 8.11. The molecule has 4 aliphatic rings. The minimum atomic E-state index is -0.899. The average molecular weight is 655 g/mol. The molecule has 41 heavy (non-hydrogen) atoms. The van der Waals surface area contributed by atoms with Crippen molar-refractivity contribution in [1.82, 2.24) is 19.8 Å². The number of amides is 1. The molecule has 0 saturated carbocycles. The number of alkyl halides is 1. The van der Waals surface area contributed by atoms with Crippen LogP contribution in [0.3, 0.4) is 0 Å². The first-order chi connectivity index (χ1) is 19.4. The van der Waals surface area contributed by atoms with Gasteiger partial charge in [0, 0.05) is 24.0 Å². The third-order valence-electron chi connectivity index (χ3n) is 8.84. The molecular weight excluding hydrogens is 620 g/mol. The highest BCUT2D eigenvalue weighted by Crippen LogP contribution is 2.44. The summed E-state index contributed by atoms with van der Waals surface area (Å²) in [5.74, 6) is -0.206. The molecule has 0 radical (unpaired) electrons. The van der Waals surface area contributed by atoms with E-state index in [-0.39, 0.29) is 47.4 Å². The van der Waals surface area contributed by atoms with Gasteiger partial charge in [-0.3, -0.25) is 9.80 Å². The molecule has 0 spiro atoms. The topological polar surface area (TPSA) is 71.0 Å². The van der Waals surface area contributed by atoms with Crippen LogP contribution in [-0.4, -0.2) is 87.5 Å². The van der Waals surface area contributed by atoms with Crippen LogP contribution >= 0.6 is 27.5 Å². The molecule has 0 aliphatic carbocycles. The molecule has 1 aromatic heterocycles. The number of ether oxygens (including phenoxy) is 2.